The van der Waals surface area contributed by atoms with Gasteiger partial charge in [-0.25, -0.2) is 8.42 Å². The summed E-state index contributed by atoms with van der Waals surface area (Å²) in [6, 6.07) is 0.198. The number of hydrogen-bond acceptors (Lipinski definition) is 3. The fourth-order valence-corrected chi connectivity index (χ4v) is 6.54. The third-order valence-electron chi connectivity index (χ3n) is 5.05. The van der Waals surface area contributed by atoms with Crippen molar-refractivity contribution >= 4 is 9.84 Å². The molecule has 2 unspecified atom stereocenters. The predicted octanol–water partition coefficient (Wildman–Crippen LogP) is 3.43. The van der Waals surface area contributed by atoms with Crippen molar-refractivity contribution in [3.8, 4) is 0 Å². The lowest BCUT2D eigenvalue weighted by Crippen LogP contribution is -2.47. The fourth-order valence-electron chi connectivity index (χ4n) is 3.87. The van der Waals surface area contributed by atoms with E-state index in [2.05, 4.69) is 12.2 Å². The zero-order valence-electron chi connectivity index (χ0n) is 12.9. The molecule has 0 aromatic heterocycles. The van der Waals surface area contributed by atoms with Crippen LogP contribution in [0.2, 0.25) is 0 Å². The van der Waals surface area contributed by atoms with E-state index in [1.54, 1.807) is 0 Å². The summed E-state index contributed by atoms with van der Waals surface area (Å²) in [6.07, 6.45) is 11.7. The minimum atomic E-state index is -2.95. The molecule has 2 saturated carbocycles. The first kappa shape index (κ1) is 16.3. The normalized spacial score (nSPS) is 30.1. The van der Waals surface area contributed by atoms with Crippen molar-refractivity contribution in [3.05, 3.63) is 0 Å². The maximum Gasteiger partial charge on any atom is 0.157 e. The Bertz CT molecular complexity index is 374. The average molecular weight is 301 g/mol. The molecule has 0 aliphatic heterocycles. The number of sulfone groups is 1. The van der Waals surface area contributed by atoms with Crippen LogP contribution in [0.15, 0.2) is 0 Å². The highest BCUT2D eigenvalue weighted by atomic mass is 32.2. The topological polar surface area (TPSA) is 46.2 Å². The molecule has 0 aromatic rings. The van der Waals surface area contributed by atoms with Crippen molar-refractivity contribution in [1.82, 2.24) is 5.32 Å². The SMILES string of the molecule is CCCNC1CCCCCC1S(=O)(=O)C1CCCCC1. The summed E-state index contributed by atoms with van der Waals surface area (Å²) in [4.78, 5) is 0. The van der Waals surface area contributed by atoms with Gasteiger partial charge in [-0.15, -0.1) is 0 Å². The Hall–Kier alpha value is -0.0900. The smallest absolute Gasteiger partial charge is 0.157 e. The summed E-state index contributed by atoms with van der Waals surface area (Å²) in [6.45, 7) is 3.09. The van der Waals surface area contributed by atoms with Crippen molar-refractivity contribution in [2.45, 2.75) is 94.1 Å². The largest absolute Gasteiger partial charge is 0.313 e. The van der Waals surface area contributed by atoms with Gasteiger partial charge in [0, 0.05) is 6.04 Å². The maximum absolute atomic E-state index is 13.0. The third kappa shape index (κ3) is 3.97. The lowest BCUT2D eigenvalue weighted by atomic mass is 10.0. The molecule has 0 spiro atoms. The van der Waals surface area contributed by atoms with Gasteiger partial charge >= 0.3 is 0 Å². The molecule has 20 heavy (non-hydrogen) atoms. The second kappa shape index (κ2) is 7.79. The van der Waals surface area contributed by atoms with Gasteiger partial charge in [-0.1, -0.05) is 45.4 Å². The Morgan fingerprint density at radius 3 is 2.15 bits per heavy atom. The molecular weight excluding hydrogens is 270 g/mol. The molecule has 0 radical (unpaired) electrons. The van der Waals surface area contributed by atoms with E-state index >= 15 is 0 Å². The van der Waals surface area contributed by atoms with Crippen LogP contribution in [0.4, 0.5) is 0 Å². The van der Waals surface area contributed by atoms with E-state index in [0.717, 1.165) is 57.9 Å². The first-order valence-electron chi connectivity index (χ1n) is 8.62. The van der Waals surface area contributed by atoms with E-state index in [0.29, 0.717) is 0 Å². The van der Waals surface area contributed by atoms with E-state index in [9.17, 15) is 8.42 Å². The van der Waals surface area contributed by atoms with Crippen LogP contribution < -0.4 is 5.32 Å². The molecule has 2 aliphatic rings. The van der Waals surface area contributed by atoms with Gasteiger partial charge in [0.25, 0.3) is 0 Å². The van der Waals surface area contributed by atoms with Gasteiger partial charge in [0.2, 0.25) is 0 Å². The summed E-state index contributed by atoms with van der Waals surface area (Å²) in [5.41, 5.74) is 0. The summed E-state index contributed by atoms with van der Waals surface area (Å²) in [5.74, 6) is 0. The molecule has 1 N–H and O–H groups in total. The zero-order valence-corrected chi connectivity index (χ0v) is 13.8. The lowest BCUT2D eigenvalue weighted by Gasteiger charge is -2.31. The summed E-state index contributed by atoms with van der Waals surface area (Å²) in [7, 11) is -2.95. The van der Waals surface area contributed by atoms with Gasteiger partial charge in [-0.05, 0) is 38.6 Å². The second-order valence-electron chi connectivity index (χ2n) is 6.59. The van der Waals surface area contributed by atoms with Gasteiger partial charge in [-0.3, -0.25) is 0 Å². The first-order valence-corrected chi connectivity index (χ1v) is 10.2. The number of rotatable bonds is 5. The van der Waals surface area contributed by atoms with E-state index in [1.165, 1.54) is 19.3 Å². The molecule has 0 saturated heterocycles. The summed E-state index contributed by atoms with van der Waals surface area (Å²) in [5, 5.41) is 3.35. The molecule has 118 valence electrons. The molecule has 2 atom stereocenters. The van der Waals surface area contributed by atoms with E-state index in [1.807, 2.05) is 0 Å². The Morgan fingerprint density at radius 2 is 1.50 bits per heavy atom. The van der Waals surface area contributed by atoms with Crippen LogP contribution in [0.3, 0.4) is 0 Å². The molecular formula is C16H31NO2S. The quantitative estimate of drug-likeness (QED) is 0.791. The Balaban J connectivity index is 2.11. The molecule has 4 heteroatoms. The molecule has 2 aliphatic carbocycles. The van der Waals surface area contributed by atoms with E-state index in [4.69, 9.17) is 0 Å². The van der Waals surface area contributed by atoms with Crippen LogP contribution >= 0.6 is 0 Å². The maximum atomic E-state index is 13.0. The molecule has 2 fully saturated rings. The minimum absolute atomic E-state index is 0.0507. The fraction of sp³-hybridized carbons (Fsp3) is 1.00. The summed E-state index contributed by atoms with van der Waals surface area (Å²) >= 11 is 0. The van der Waals surface area contributed by atoms with Gasteiger partial charge in [0.1, 0.15) is 0 Å². The average Bonchev–Trinajstić information content (AvgIpc) is 2.72. The van der Waals surface area contributed by atoms with Gasteiger partial charge in [0.05, 0.1) is 10.5 Å². The van der Waals surface area contributed by atoms with Crippen LogP contribution in [0, 0.1) is 0 Å². The highest BCUT2D eigenvalue weighted by Crippen LogP contribution is 2.32. The van der Waals surface area contributed by atoms with Crippen LogP contribution in [0.25, 0.3) is 0 Å². The minimum Gasteiger partial charge on any atom is -0.313 e. The standard InChI is InChI=1S/C16H31NO2S/c1-2-13-17-15-11-7-4-8-12-16(15)20(18,19)14-9-5-3-6-10-14/h14-17H,2-13H2,1H3. The van der Waals surface area contributed by atoms with Crippen LogP contribution in [-0.2, 0) is 9.84 Å². The van der Waals surface area contributed by atoms with Crippen molar-refractivity contribution in [3.63, 3.8) is 0 Å². The number of nitrogens with one attached hydrogen (secondary N) is 1. The molecule has 0 aromatic carbocycles. The molecule has 0 bridgehead atoms. The van der Waals surface area contributed by atoms with Gasteiger partial charge in [-0.2, -0.15) is 0 Å². The van der Waals surface area contributed by atoms with Crippen LogP contribution in [-0.4, -0.2) is 31.5 Å². The predicted molar refractivity (Wildman–Crippen MR) is 84.7 cm³/mol. The Kier molecular flexibility index (Phi) is 6.34. The molecule has 3 nitrogen and oxygen atoms in total. The van der Waals surface area contributed by atoms with Crippen molar-refractivity contribution in [2.24, 2.45) is 0 Å². The zero-order chi connectivity index (χ0) is 14.4. The Morgan fingerprint density at radius 1 is 0.900 bits per heavy atom. The van der Waals surface area contributed by atoms with Crippen molar-refractivity contribution in [1.29, 1.82) is 0 Å². The highest BCUT2D eigenvalue weighted by Gasteiger charge is 2.39. The summed E-state index contributed by atoms with van der Waals surface area (Å²) < 4.78 is 26.1. The third-order valence-corrected chi connectivity index (χ3v) is 7.86. The lowest BCUT2D eigenvalue weighted by molar-refractivity contribution is 0.431. The molecule has 0 amide bonds. The monoisotopic (exact) mass is 301 g/mol. The van der Waals surface area contributed by atoms with Crippen LogP contribution in [0.1, 0.15) is 77.6 Å². The molecule has 2 rings (SSSR count). The number of hydrogen-bond donors (Lipinski definition) is 1. The first-order chi connectivity index (χ1) is 9.66. The van der Waals surface area contributed by atoms with E-state index < -0.39 is 9.84 Å². The van der Waals surface area contributed by atoms with Crippen molar-refractivity contribution < 1.29 is 8.42 Å². The van der Waals surface area contributed by atoms with Crippen molar-refractivity contribution in [2.75, 3.05) is 6.54 Å². The Labute approximate surface area is 124 Å². The highest BCUT2D eigenvalue weighted by molar-refractivity contribution is 7.92. The molecule has 0 heterocycles. The van der Waals surface area contributed by atoms with Crippen LogP contribution in [0.5, 0.6) is 0 Å². The van der Waals surface area contributed by atoms with E-state index in [-0.39, 0.29) is 16.5 Å². The second-order valence-corrected chi connectivity index (χ2v) is 9.04. The van der Waals surface area contributed by atoms with Gasteiger partial charge < -0.3 is 5.32 Å². The van der Waals surface area contributed by atoms with Gasteiger partial charge in [0.15, 0.2) is 9.84 Å².